The molecule has 1 N–H and O–H groups in total. The molecule has 0 radical (unpaired) electrons. The Morgan fingerprint density at radius 2 is 1.91 bits per heavy atom. The first-order valence-corrected chi connectivity index (χ1v) is 10.8. The van der Waals surface area contributed by atoms with Crippen LogP contribution in [-0.2, 0) is 14.6 Å². The lowest BCUT2D eigenvalue weighted by Crippen LogP contribution is -3.18. The Hall–Kier alpha value is -1.05. The molecule has 0 aliphatic carbocycles. The molecule has 2 fully saturated rings. The first-order chi connectivity index (χ1) is 11.0. The molecule has 1 aromatic rings. The Morgan fingerprint density at radius 1 is 1.22 bits per heavy atom. The van der Waals surface area contributed by atoms with E-state index in [-0.39, 0.29) is 11.9 Å². The summed E-state index contributed by atoms with van der Waals surface area (Å²) < 4.78 is 23.2. The van der Waals surface area contributed by atoms with Gasteiger partial charge in [-0.05, 0) is 12.1 Å². The predicted octanol–water partition coefficient (Wildman–Crippen LogP) is -0.307. The summed E-state index contributed by atoms with van der Waals surface area (Å²) in [5.41, 5.74) is 0. The Bertz CT molecular complexity index is 641. The number of nitrogens with zero attached hydrogens (tertiary/aromatic N) is 1. The standard InChI is InChI=1S/C16H22N2O3S2/c19-16(12-22-15-4-2-1-3-5-15)18-9-7-17(8-10-18)14-6-11-23(20,21)13-14/h1-5,14H,6-13H2/p+1/t14-/m0/s1. The van der Waals surface area contributed by atoms with Crippen molar-refractivity contribution in [3.63, 3.8) is 0 Å². The molecule has 0 saturated carbocycles. The second-order valence-electron chi connectivity index (χ2n) is 6.24. The van der Waals surface area contributed by atoms with Gasteiger partial charge in [0.1, 0.15) is 11.8 Å². The molecule has 2 aliphatic heterocycles. The largest absolute Gasteiger partial charge is 0.331 e. The van der Waals surface area contributed by atoms with Crippen LogP contribution < -0.4 is 4.90 Å². The zero-order valence-corrected chi connectivity index (χ0v) is 14.7. The van der Waals surface area contributed by atoms with Crippen molar-refractivity contribution >= 4 is 27.5 Å². The van der Waals surface area contributed by atoms with Crippen molar-refractivity contribution in [2.45, 2.75) is 17.4 Å². The lowest BCUT2D eigenvalue weighted by atomic mass is 10.2. The summed E-state index contributed by atoms with van der Waals surface area (Å²) in [6.45, 7) is 3.20. The number of quaternary nitrogens is 1. The molecule has 2 saturated heterocycles. The monoisotopic (exact) mass is 355 g/mol. The number of hydrogen-bond donors (Lipinski definition) is 1. The van der Waals surface area contributed by atoms with Crippen LogP contribution in [0.25, 0.3) is 0 Å². The van der Waals surface area contributed by atoms with Crippen LogP contribution in [0.1, 0.15) is 6.42 Å². The summed E-state index contributed by atoms with van der Waals surface area (Å²) in [5.74, 6) is 1.30. The fourth-order valence-corrected chi connectivity index (χ4v) is 5.97. The van der Waals surface area contributed by atoms with Gasteiger partial charge in [-0.3, -0.25) is 4.79 Å². The smallest absolute Gasteiger partial charge is 0.233 e. The predicted molar refractivity (Wildman–Crippen MR) is 91.5 cm³/mol. The van der Waals surface area contributed by atoms with Gasteiger partial charge in [0.05, 0.1) is 37.7 Å². The Labute approximate surface area is 141 Å². The number of hydrogen-bond acceptors (Lipinski definition) is 4. The van der Waals surface area contributed by atoms with Crippen LogP contribution in [0.2, 0.25) is 0 Å². The van der Waals surface area contributed by atoms with Crippen LogP contribution in [0.4, 0.5) is 0 Å². The first-order valence-electron chi connectivity index (χ1n) is 8.04. The summed E-state index contributed by atoms with van der Waals surface area (Å²) in [6.07, 6.45) is 0.773. The fraction of sp³-hybridized carbons (Fsp3) is 0.562. The fourth-order valence-electron chi connectivity index (χ4n) is 3.32. The molecule has 2 heterocycles. The number of benzene rings is 1. The highest BCUT2D eigenvalue weighted by atomic mass is 32.2. The van der Waals surface area contributed by atoms with Gasteiger partial charge in [-0.1, -0.05) is 18.2 Å². The van der Waals surface area contributed by atoms with Gasteiger partial charge >= 0.3 is 0 Å². The molecule has 1 amide bonds. The van der Waals surface area contributed by atoms with E-state index in [0.29, 0.717) is 17.3 Å². The number of sulfone groups is 1. The van der Waals surface area contributed by atoms with Crippen LogP contribution in [0.15, 0.2) is 35.2 Å². The van der Waals surface area contributed by atoms with E-state index in [9.17, 15) is 13.2 Å². The Morgan fingerprint density at radius 3 is 2.52 bits per heavy atom. The van der Waals surface area contributed by atoms with Gasteiger partial charge in [0, 0.05) is 11.3 Å². The maximum Gasteiger partial charge on any atom is 0.233 e. The maximum atomic E-state index is 12.3. The zero-order chi connectivity index (χ0) is 16.3. The van der Waals surface area contributed by atoms with E-state index < -0.39 is 9.84 Å². The van der Waals surface area contributed by atoms with Gasteiger partial charge in [0.15, 0.2) is 9.84 Å². The highest BCUT2D eigenvalue weighted by Crippen LogP contribution is 2.17. The lowest BCUT2D eigenvalue weighted by molar-refractivity contribution is -0.925. The zero-order valence-electron chi connectivity index (χ0n) is 13.1. The minimum atomic E-state index is -2.82. The highest BCUT2D eigenvalue weighted by molar-refractivity contribution is 8.00. The first kappa shape index (κ1) is 16.8. The third-order valence-corrected chi connectivity index (χ3v) is 7.44. The van der Waals surface area contributed by atoms with Crippen molar-refractivity contribution in [2.24, 2.45) is 0 Å². The number of piperazine rings is 1. The number of amides is 1. The van der Waals surface area contributed by atoms with Crippen molar-refractivity contribution in [3.05, 3.63) is 30.3 Å². The van der Waals surface area contributed by atoms with Gasteiger partial charge in [0.2, 0.25) is 5.91 Å². The minimum Gasteiger partial charge on any atom is -0.331 e. The van der Waals surface area contributed by atoms with E-state index in [0.717, 1.165) is 37.5 Å². The van der Waals surface area contributed by atoms with Crippen LogP contribution in [-0.4, -0.2) is 68.7 Å². The molecule has 7 heteroatoms. The normalized spacial score (nSPS) is 24.7. The molecular formula is C16H23N2O3S2+. The molecule has 5 nitrogen and oxygen atoms in total. The minimum absolute atomic E-state index is 0.178. The molecular weight excluding hydrogens is 332 g/mol. The molecule has 2 aliphatic rings. The molecule has 0 aromatic heterocycles. The summed E-state index contributed by atoms with van der Waals surface area (Å²) >= 11 is 1.57. The molecule has 1 atom stereocenters. The second-order valence-corrected chi connectivity index (χ2v) is 9.52. The summed E-state index contributed by atoms with van der Waals surface area (Å²) in [4.78, 5) is 16.7. The van der Waals surface area contributed by atoms with E-state index in [1.54, 1.807) is 11.8 Å². The average molecular weight is 356 g/mol. The maximum absolute atomic E-state index is 12.3. The van der Waals surface area contributed by atoms with Crippen LogP contribution in [0.3, 0.4) is 0 Å². The van der Waals surface area contributed by atoms with E-state index in [1.807, 2.05) is 35.2 Å². The van der Waals surface area contributed by atoms with Crippen molar-refractivity contribution in [3.8, 4) is 0 Å². The van der Waals surface area contributed by atoms with Gasteiger partial charge in [-0.2, -0.15) is 0 Å². The lowest BCUT2D eigenvalue weighted by Gasteiger charge is -2.35. The van der Waals surface area contributed by atoms with Crippen molar-refractivity contribution in [1.82, 2.24) is 4.90 Å². The quantitative estimate of drug-likeness (QED) is 0.753. The summed E-state index contributed by atoms with van der Waals surface area (Å²) in [6, 6.07) is 10.2. The number of nitrogens with one attached hydrogen (secondary N) is 1. The summed E-state index contributed by atoms with van der Waals surface area (Å²) in [5, 5.41) is 0. The Balaban J connectivity index is 1.44. The van der Waals surface area contributed by atoms with Crippen molar-refractivity contribution in [2.75, 3.05) is 43.4 Å². The average Bonchev–Trinajstić information content (AvgIpc) is 2.94. The second kappa shape index (κ2) is 7.23. The highest BCUT2D eigenvalue weighted by Gasteiger charge is 2.37. The number of rotatable bonds is 4. The van der Waals surface area contributed by atoms with E-state index in [4.69, 9.17) is 0 Å². The number of thioether (sulfide) groups is 1. The molecule has 0 bridgehead atoms. The molecule has 0 unspecified atom stereocenters. The van der Waals surface area contributed by atoms with E-state index in [1.165, 1.54) is 4.90 Å². The van der Waals surface area contributed by atoms with Gasteiger partial charge in [-0.25, -0.2) is 8.42 Å². The van der Waals surface area contributed by atoms with E-state index >= 15 is 0 Å². The molecule has 23 heavy (non-hydrogen) atoms. The topological polar surface area (TPSA) is 58.9 Å². The SMILES string of the molecule is O=C(CSc1ccccc1)N1CC[NH+]([C@H]2CCS(=O)(=O)C2)CC1. The molecule has 126 valence electrons. The van der Waals surface area contributed by atoms with Crippen LogP contribution in [0, 0.1) is 0 Å². The van der Waals surface area contributed by atoms with Gasteiger partial charge in [-0.15, -0.1) is 11.8 Å². The number of carbonyl (C=O) groups is 1. The van der Waals surface area contributed by atoms with Crippen LogP contribution >= 0.6 is 11.8 Å². The molecule has 3 rings (SSSR count). The van der Waals surface area contributed by atoms with Crippen molar-refractivity contribution in [1.29, 1.82) is 0 Å². The third-order valence-electron chi connectivity index (χ3n) is 4.67. The molecule has 0 spiro atoms. The Kier molecular flexibility index (Phi) is 5.28. The van der Waals surface area contributed by atoms with Gasteiger partial charge < -0.3 is 9.80 Å². The van der Waals surface area contributed by atoms with Crippen LogP contribution in [0.5, 0.6) is 0 Å². The number of carbonyl (C=O) groups excluding carboxylic acids is 1. The molecule has 1 aromatic carbocycles. The van der Waals surface area contributed by atoms with Gasteiger partial charge in [0.25, 0.3) is 0 Å². The third kappa shape index (κ3) is 4.49. The van der Waals surface area contributed by atoms with E-state index in [2.05, 4.69) is 0 Å². The van der Waals surface area contributed by atoms with Crippen molar-refractivity contribution < 1.29 is 18.1 Å². The summed E-state index contributed by atoms with van der Waals surface area (Å²) in [7, 11) is -2.82.